The normalized spacial score (nSPS) is 10.7. The predicted molar refractivity (Wildman–Crippen MR) is 76.8 cm³/mol. The van der Waals surface area contributed by atoms with Crippen LogP contribution in [0.15, 0.2) is 64.0 Å². The highest BCUT2D eigenvalue weighted by molar-refractivity contribution is 6.30. The SMILES string of the molecule is O=c1ccccn1Cc1cc(-c2ccc(Cl)cc2)no1. The van der Waals surface area contributed by atoms with Crippen molar-refractivity contribution in [2.24, 2.45) is 0 Å². The summed E-state index contributed by atoms with van der Waals surface area (Å²) in [7, 11) is 0. The Morgan fingerprint density at radius 3 is 2.70 bits per heavy atom. The first-order chi connectivity index (χ1) is 9.72. The van der Waals surface area contributed by atoms with Crippen LogP contribution >= 0.6 is 11.6 Å². The molecule has 2 heterocycles. The topological polar surface area (TPSA) is 48.0 Å². The zero-order valence-electron chi connectivity index (χ0n) is 10.5. The van der Waals surface area contributed by atoms with Gasteiger partial charge in [-0.3, -0.25) is 4.79 Å². The maximum absolute atomic E-state index is 11.6. The maximum Gasteiger partial charge on any atom is 0.250 e. The summed E-state index contributed by atoms with van der Waals surface area (Å²) in [5.74, 6) is 0.628. The molecule has 3 rings (SSSR count). The lowest BCUT2D eigenvalue weighted by Crippen LogP contribution is -2.17. The average molecular weight is 287 g/mol. The van der Waals surface area contributed by atoms with Crippen LogP contribution < -0.4 is 5.56 Å². The van der Waals surface area contributed by atoms with Gasteiger partial charge in [0.15, 0.2) is 5.76 Å². The molecule has 0 amide bonds. The molecular formula is C15H11ClN2O2. The van der Waals surface area contributed by atoms with Crippen LogP contribution in [-0.2, 0) is 6.54 Å². The van der Waals surface area contributed by atoms with Gasteiger partial charge in [0.1, 0.15) is 5.69 Å². The molecule has 5 heteroatoms. The van der Waals surface area contributed by atoms with Crippen molar-refractivity contribution in [2.75, 3.05) is 0 Å². The van der Waals surface area contributed by atoms with Crippen molar-refractivity contribution < 1.29 is 4.52 Å². The van der Waals surface area contributed by atoms with Crippen LogP contribution in [0, 0.1) is 0 Å². The van der Waals surface area contributed by atoms with Gasteiger partial charge >= 0.3 is 0 Å². The molecule has 0 fully saturated rings. The van der Waals surface area contributed by atoms with Gasteiger partial charge in [0, 0.05) is 28.9 Å². The highest BCUT2D eigenvalue weighted by atomic mass is 35.5. The number of pyridine rings is 1. The zero-order valence-corrected chi connectivity index (χ0v) is 11.2. The second-order valence-electron chi connectivity index (χ2n) is 4.35. The van der Waals surface area contributed by atoms with Gasteiger partial charge in [-0.2, -0.15) is 0 Å². The summed E-state index contributed by atoms with van der Waals surface area (Å²) in [6, 6.07) is 14.2. The fourth-order valence-electron chi connectivity index (χ4n) is 1.90. The van der Waals surface area contributed by atoms with E-state index in [0.29, 0.717) is 17.3 Å². The second-order valence-corrected chi connectivity index (χ2v) is 4.79. The van der Waals surface area contributed by atoms with Crippen molar-refractivity contribution in [3.8, 4) is 11.3 Å². The van der Waals surface area contributed by atoms with Crippen LogP contribution in [0.4, 0.5) is 0 Å². The molecule has 100 valence electrons. The van der Waals surface area contributed by atoms with Gasteiger partial charge in [-0.1, -0.05) is 35.0 Å². The lowest BCUT2D eigenvalue weighted by molar-refractivity contribution is 0.377. The summed E-state index contributed by atoms with van der Waals surface area (Å²) in [4.78, 5) is 11.6. The maximum atomic E-state index is 11.6. The number of hydrogen-bond donors (Lipinski definition) is 0. The summed E-state index contributed by atoms with van der Waals surface area (Å²) in [6.45, 7) is 0.361. The van der Waals surface area contributed by atoms with Gasteiger partial charge in [-0.05, 0) is 18.2 Å². The van der Waals surface area contributed by atoms with Crippen molar-refractivity contribution in [3.63, 3.8) is 0 Å². The average Bonchev–Trinajstić information content (AvgIpc) is 2.91. The third-order valence-electron chi connectivity index (χ3n) is 2.92. The molecule has 0 aliphatic carbocycles. The molecule has 3 aromatic rings. The van der Waals surface area contributed by atoms with E-state index in [9.17, 15) is 4.79 Å². The third-order valence-corrected chi connectivity index (χ3v) is 3.18. The number of nitrogens with zero attached hydrogens (tertiary/aromatic N) is 2. The van der Waals surface area contributed by atoms with Crippen molar-refractivity contribution in [3.05, 3.63) is 75.9 Å². The van der Waals surface area contributed by atoms with Crippen LogP contribution in [0.25, 0.3) is 11.3 Å². The second kappa shape index (κ2) is 5.35. The van der Waals surface area contributed by atoms with E-state index in [0.717, 1.165) is 11.3 Å². The summed E-state index contributed by atoms with van der Waals surface area (Å²) in [5.41, 5.74) is 1.57. The number of aromatic nitrogens is 2. The van der Waals surface area contributed by atoms with Crippen LogP contribution in [0.5, 0.6) is 0 Å². The number of rotatable bonds is 3. The molecule has 2 aromatic heterocycles. The van der Waals surface area contributed by atoms with E-state index >= 15 is 0 Å². The molecule has 0 aliphatic rings. The van der Waals surface area contributed by atoms with E-state index in [1.165, 1.54) is 6.07 Å². The van der Waals surface area contributed by atoms with E-state index in [2.05, 4.69) is 5.16 Å². The molecule has 0 aliphatic heterocycles. The van der Waals surface area contributed by atoms with Crippen molar-refractivity contribution in [1.29, 1.82) is 0 Å². The van der Waals surface area contributed by atoms with Crippen molar-refractivity contribution in [2.45, 2.75) is 6.54 Å². The van der Waals surface area contributed by atoms with Gasteiger partial charge in [0.05, 0.1) is 6.54 Å². The summed E-state index contributed by atoms with van der Waals surface area (Å²) in [6.07, 6.45) is 1.72. The third kappa shape index (κ3) is 2.65. The smallest absolute Gasteiger partial charge is 0.250 e. The molecule has 0 spiro atoms. The minimum absolute atomic E-state index is 0.0723. The van der Waals surface area contributed by atoms with Crippen molar-refractivity contribution >= 4 is 11.6 Å². The van der Waals surface area contributed by atoms with Crippen LogP contribution in [-0.4, -0.2) is 9.72 Å². The Bertz CT molecular complexity index is 775. The van der Waals surface area contributed by atoms with Crippen LogP contribution in [0.1, 0.15) is 5.76 Å². The summed E-state index contributed by atoms with van der Waals surface area (Å²) in [5, 5.41) is 4.68. The minimum atomic E-state index is -0.0723. The van der Waals surface area contributed by atoms with E-state index in [1.807, 2.05) is 18.2 Å². The Balaban J connectivity index is 1.86. The van der Waals surface area contributed by atoms with Gasteiger partial charge < -0.3 is 9.09 Å². The van der Waals surface area contributed by atoms with Crippen molar-refractivity contribution in [1.82, 2.24) is 9.72 Å². The number of hydrogen-bond acceptors (Lipinski definition) is 3. The first kappa shape index (κ1) is 12.7. The Morgan fingerprint density at radius 2 is 1.95 bits per heavy atom. The predicted octanol–water partition coefficient (Wildman–Crippen LogP) is 3.21. The highest BCUT2D eigenvalue weighted by Crippen LogP contribution is 2.21. The molecule has 0 bridgehead atoms. The molecule has 0 radical (unpaired) electrons. The van der Waals surface area contributed by atoms with Crippen LogP contribution in [0.3, 0.4) is 0 Å². The van der Waals surface area contributed by atoms with Gasteiger partial charge in [0.2, 0.25) is 0 Å². The largest absolute Gasteiger partial charge is 0.359 e. The monoisotopic (exact) mass is 286 g/mol. The fourth-order valence-corrected chi connectivity index (χ4v) is 2.03. The molecule has 0 saturated carbocycles. The molecule has 20 heavy (non-hydrogen) atoms. The lowest BCUT2D eigenvalue weighted by Gasteiger charge is -1.99. The molecule has 0 saturated heterocycles. The lowest BCUT2D eigenvalue weighted by atomic mass is 10.1. The zero-order chi connectivity index (χ0) is 13.9. The molecule has 0 atom stereocenters. The Morgan fingerprint density at radius 1 is 1.15 bits per heavy atom. The first-order valence-corrected chi connectivity index (χ1v) is 6.47. The van der Waals surface area contributed by atoms with Gasteiger partial charge in [-0.15, -0.1) is 0 Å². The van der Waals surface area contributed by atoms with E-state index in [1.54, 1.807) is 35.0 Å². The molecule has 0 unspecified atom stereocenters. The highest BCUT2D eigenvalue weighted by Gasteiger charge is 2.07. The Kier molecular flexibility index (Phi) is 3.39. The van der Waals surface area contributed by atoms with E-state index < -0.39 is 0 Å². The fraction of sp³-hybridized carbons (Fsp3) is 0.0667. The summed E-state index contributed by atoms with van der Waals surface area (Å²) >= 11 is 5.85. The van der Waals surface area contributed by atoms with Crippen LogP contribution in [0.2, 0.25) is 5.02 Å². The van der Waals surface area contributed by atoms with E-state index in [-0.39, 0.29) is 5.56 Å². The minimum Gasteiger partial charge on any atom is -0.359 e. The molecular weight excluding hydrogens is 276 g/mol. The molecule has 1 aromatic carbocycles. The quantitative estimate of drug-likeness (QED) is 0.743. The molecule has 4 nitrogen and oxygen atoms in total. The standard InChI is InChI=1S/C15H11ClN2O2/c16-12-6-4-11(5-7-12)14-9-13(20-17-14)10-18-8-2-1-3-15(18)19/h1-9H,10H2. The first-order valence-electron chi connectivity index (χ1n) is 6.09. The Labute approximate surface area is 120 Å². The number of halogens is 1. The van der Waals surface area contributed by atoms with Gasteiger partial charge in [0.25, 0.3) is 5.56 Å². The van der Waals surface area contributed by atoms with E-state index in [4.69, 9.17) is 16.1 Å². The summed E-state index contributed by atoms with van der Waals surface area (Å²) < 4.78 is 6.83. The number of benzene rings is 1. The van der Waals surface area contributed by atoms with Gasteiger partial charge in [-0.25, -0.2) is 0 Å². The Hall–Kier alpha value is -2.33. The molecule has 0 N–H and O–H groups in total.